The molecule has 3 rings (SSSR count). The zero-order chi connectivity index (χ0) is 16.2. The van der Waals surface area contributed by atoms with E-state index in [9.17, 15) is 0 Å². The van der Waals surface area contributed by atoms with Crippen LogP contribution >= 0.6 is 22.7 Å². The highest BCUT2D eigenvalue weighted by molar-refractivity contribution is 7.11. The summed E-state index contributed by atoms with van der Waals surface area (Å²) < 4.78 is 7.34. The van der Waals surface area contributed by atoms with E-state index in [2.05, 4.69) is 35.0 Å². The maximum atomic E-state index is 5.52. The molecule has 23 heavy (non-hydrogen) atoms. The molecule has 3 aromatic heterocycles. The lowest BCUT2D eigenvalue weighted by Gasteiger charge is -2.00. The van der Waals surface area contributed by atoms with Crippen LogP contribution in [0.5, 0.6) is 0 Å². The fourth-order valence-electron chi connectivity index (χ4n) is 1.94. The second-order valence-corrected chi connectivity index (χ2v) is 6.96. The Kier molecular flexibility index (Phi) is 4.73. The molecular weight excluding hydrogens is 326 g/mol. The number of hydrogen-bond donors (Lipinski definition) is 0. The van der Waals surface area contributed by atoms with Crippen LogP contribution in [-0.4, -0.2) is 17.4 Å². The van der Waals surface area contributed by atoms with Crippen LogP contribution in [-0.2, 0) is 0 Å². The van der Waals surface area contributed by atoms with Gasteiger partial charge >= 0.3 is 0 Å². The zero-order valence-corrected chi connectivity index (χ0v) is 14.7. The van der Waals surface area contributed by atoms with Crippen LogP contribution in [0.4, 0.5) is 0 Å². The zero-order valence-electron chi connectivity index (χ0n) is 13.0. The first kappa shape index (κ1) is 15.7. The van der Waals surface area contributed by atoms with Gasteiger partial charge in [-0.25, -0.2) is 4.68 Å². The Labute approximate surface area is 142 Å². The van der Waals surface area contributed by atoms with Crippen molar-refractivity contribution in [1.82, 2.24) is 4.68 Å². The van der Waals surface area contributed by atoms with E-state index in [0.29, 0.717) is 6.54 Å². The first-order valence-electron chi connectivity index (χ1n) is 7.13. The summed E-state index contributed by atoms with van der Waals surface area (Å²) in [6.07, 6.45) is 3.54. The summed E-state index contributed by atoms with van der Waals surface area (Å²) in [4.78, 5) is 6.55. The molecule has 0 bridgehead atoms. The predicted octanol–water partition coefficient (Wildman–Crippen LogP) is 4.54. The summed E-state index contributed by atoms with van der Waals surface area (Å²) in [7, 11) is 0. The Hall–Kier alpha value is -2.18. The molecule has 0 aliphatic heterocycles. The molecule has 0 saturated carbocycles. The average Bonchev–Trinajstić information content (AvgIpc) is 3.23. The normalized spacial score (nSPS) is 12.3. The quantitative estimate of drug-likeness (QED) is 0.495. The number of furan rings is 1. The average molecular weight is 343 g/mol. The number of thiazole rings is 1. The summed E-state index contributed by atoms with van der Waals surface area (Å²) in [5.41, 5.74) is 3.13. The maximum absolute atomic E-state index is 5.52. The summed E-state index contributed by atoms with van der Waals surface area (Å²) in [6.45, 7) is 8.53. The van der Waals surface area contributed by atoms with E-state index in [1.165, 1.54) is 5.56 Å². The summed E-state index contributed by atoms with van der Waals surface area (Å²) in [5, 5.41) is 8.71. The summed E-state index contributed by atoms with van der Waals surface area (Å²) >= 11 is 3.21. The van der Waals surface area contributed by atoms with Crippen molar-refractivity contribution in [1.29, 1.82) is 0 Å². The smallest absolute Gasteiger partial charge is 0.206 e. The Bertz CT molecular complexity index is 895. The van der Waals surface area contributed by atoms with Crippen LogP contribution in [0.2, 0.25) is 0 Å². The molecule has 4 nitrogen and oxygen atoms in total. The first-order chi connectivity index (χ1) is 11.1. The molecule has 0 spiro atoms. The van der Waals surface area contributed by atoms with Crippen LogP contribution in [0.1, 0.15) is 17.4 Å². The molecule has 3 aromatic rings. The van der Waals surface area contributed by atoms with Gasteiger partial charge in [0.15, 0.2) is 5.76 Å². The SMILES string of the molecule is C=C(C)CN=c1scc(-c2ccco2)n1N=Cc1sccc1C. The minimum Gasteiger partial charge on any atom is -0.463 e. The van der Waals surface area contributed by atoms with Gasteiger partial charge in [0.05, 0.1) is 23.9 Å². The van der Waals surface area contributed by atoms with Crippen molar-refractivity contribution in [3.8, 4) is 11.5 Å². The molecule has 0 N–H and O–H groups in total. The Morgan fingerprint density at radius 3 is 2.91 bits per heavy atom. The number of aromatic nitrogens is 1. The molecule has 0 aliphatic rings. The van der Waals surface area contributed by atoms with Gasteiger partial charge in [-0.2, -0.15) is 5.10 Å². The van der Waals surface area contributed by atoms with Gasteiger partial charge in [0.2, 0.25) is 4.80 Å². The molecule has 0 amide bonds. The lowest BCUT2D eigenvalue weighted by Crippen LogP contribution is -2.12. The third-order valence-electron chi connectivity index (χ3n) is 3.14. The van der Waals surface area contributed by atoms with E-state index in [0.717, 1.165) is 26.7 Å². The van der Waals surface area contributed by atoms with Crippen LogP contribution < -0.4 is 4.80 Å². The Morgan fingerprint density at radius 2 is 2.26 bits per heavy atom. The monoisotopic (exact) mass is 343 g/mol. The van der Waals surface area contributed by atoms with Crippen LogP contribution in [0.15, 0.2) is 61.9 Å². The molecule has 0 unspecified atom stereocenters. The van der Waals surface area contributed by atoms with E-state index in [1.807, 2.05) is 35.3 Å². The molecule has 3 heterocycles. The third kappa shape index (κ3) is 3.60. The lowest BCUT2D eigenvalue weighted by molar-refractivity contribution is 0.575. The van der Waals surface area contributed by atoms with Crippen molar-refractivity contribution >= 4 is 28.9 Å². The molecule has 0 saturated heterocycles. The number of aryl methyl sites for hydroxylation is 1. The highest BCUT2D eigenvalue weighted by Gasteiger charge is 2.09. The fraction of sp³-hybridized carbons (Fsp3) is 0.176. The topological polar surface area (TPSA) is 42.8 Å². The van der Waals surface area contributed by atoms with Crippen LogP contribution in [0.25, 0.3) is 11.5 Å². The molecule has 0 radical (unpaired) electrons. The lowest BCUT2D eigenvalue weighted by atomic mass is 10.3. The Balaban J connectivity index is 2.06. The summed E-state index contributed by atoms with van der Waals surface area (Å²) in [6, 6.07) is 5.88. The first-order valence-corrected chi connectivity index (χ1v) is 8.89. The number of hydrogen-bond acceptors (Lipinski definition) is 5. The number of rotatable bonds is 5. The Morgan fingerprint density at radius 1 is 1.39 bits per heavy atom. The third-order valence-corrected chi connectivity index (χ3v) is 4.94. The highest BCUT2D eigenvalue weighted by Crippen LogP contribution is 2.21. The van der Waals surface area contributed by atoms with Gasteiger partial charge in [-0.3, -0.25) is 4.99 Å². The van der Waals surface area contributed by atoms with Crippen molar-refractivity contribution < 1.29 is 4.42 Å². The van der Waals surface area contributed by atoms with Gasteiger partial charge in [-0.1, -0.05) is 12.2 Å². The van der Waals surface area contributed by atoms with Crippen LogP contribution in [0.3, 0.4) is 0 Å². The molecule has 6 heteroatoms. The molecule has 0 aliphatic carbocycles. The largest absolute Gasteiger partial charge is 0.463 e. The molecule has 118 valence electrons. The van der Waals surface area contributed by atoms with Gasteiger partial charge in [0.1, 0.15) is 5.69 Å². The van der Waals surface area contributed by atoms with E-state index < -0.39 is 0 Å². The van der Waals surface area contributed by atoms with Gasteiger partial charge in [0, 0.05) is 5.38 Å². The standard InChI is InChI=1S/C17H17N3OS2/c1-12(2)9-18-17-20(19-10-16-13(3)6-8-22-16)14(11-23-17)15-5-4-7-21-15/h4-8,10-11H,1,9H2,2-3H3. The van der Waals surface area contributed by atoms with Gasteiger partial charge in [-0.15, -0.1) is 22.7 Å². The van der Waals surface area contributed by atoms with Gasteiger partial charge < -0.3 is 4.42 Å². The minimum atomic E-state index is 0.589. The van der Waals surface area contributed by atoms with Gasteiger partial charge in [-0.05, 0) is 43.0 Å². The highest BCUT2D eigenvalue weighted by atomic mass is 32.1. The molecule has 0 atom stereocenters. The maximum Gasteiger partial charge on any atom is 0.206 e. The van der Waals surface area contributed by atoms with Crippen molar-refractivity contribution in [2.45, 2.75) is 13.8 Å². The number of nitrogens with zero attached hydrogens (tertiary/aromatic N) is 3. The summed E-state index contributed by atoms with van der Waals surface area (Å²) in [5.74, 6) is 0.776. The minimum absolute atomic E-state index is 0.589. The molecule has 0 aromatic carbocycles. The van der Waals surface area contributed by atoms with Crippen molar-refractivity contribution in [2.24, 2.45) is 10.1 Å². The van der Waals surface area contributed by atoms with Crippen molar-refractivity contribution in [3.63, 3.8) is 0 Å². The van der Waals surface area contributed by atoms with E-state index in [4.69, 9.17) is 4.42 Å². The van der Waals surface area contributed by atoms with Gasteiger partial charge in [0.25, 0.3) is 0 Å². The number of thiophene rings is 1. The second-order valence-electron chi connectivity index (χ2n) is 5.18. The molecule has 0 fully saturated rings. The van der Waals surface area contributed by atoms with Crippen molar-refractivity contribution in [2.75, 3.05) is 6.54 Å². The predicted molar refractivity (Wildman–Crippen MR) is 97.3 cm³/mol. The van der Waals surface area contributed by atoms with E-state index >= 15 is 0 Å². The van der Waals surface area contributed by atoms with Crippen LogP contribution in [0, 0.1) is 6.92 Å². The van der Waals surface area contributed by atoms with Crippen molar-refractivity contribution in [3.05, 3.63) is 62.6 Å². The fourth-order valence-corrected chi connectivity index (χ4v) is 3.54. The molecular formula is C17H17N3OS2. The van der Waals surface area contributed by atoms with E-state index in [-0.39, 0.29) is 0 Å². The van der Waals surface area contributed by atoms with E-state index in [1.54, 1.807) is 28.9 Å². The second kappa shape index (κ2) is 6.93.